The first-order valence-corrected chi connectivity index (χ1v) is 22.9. The number of hydrogen-bond donors (Lipinski definition) is 0. The van der Waals surface area contributed by atoms with E-state index in [-0.39, 0.29) is 0 Å². The number of anilines is 2. The number of fused-ring (bicyclic) bond motifs is 2. The van der Waals surface area contributed by atoms with Crippen LogP contribution in [0.2, 0.25) is 0 Å². The Labute approximate surface area is 426 Å². The van der Waals surface area contributed by atoms with Crippen LogP contribution in [0, 0.1) is 0 Å². The standard InChI is InChI=1S/2C20H24N4O.3C4H4O4/c2*1-22-11-13-23(14-12-22)20-21-18-9-5-6-10-19(18)24(20)15-16-25-17-7-3-2-4-8-17;3*5-3(6)1-2-4(7)8/h2*2-10H,11-16H2,1H3;3*1-2H,(H,5,6)(H,7,8)/p-6/b;;3*2-1+. The highest BCUT2D eigenvalue weighted by atomic mass is 16.5. The molecular weight excluding hydrogens is 961 g/mol. The summed E-state index contributed by atoms with van der Waals surface area (Å²) in [4.78, 5) is 75.8. The topological polar surface area (TPSA) is 308 Å². The van der Waals surface area contributed by atoms with Crippen molar-refractivity contribution in [2.45, 2.75) is 13.1 Å². The van der Waals surface area contributed by atoms with Crippen molar-refractivity contribution >= 4 is 69.8 Å². The van der Waals surface area contributed by atoms with Crippen molar-refractivity contribution in [2.75, 3.05) is 89.5 Å². The summed E-state index contributed by atoms with van der Waals surface area (Å²) in [5, 5.41) is 56.5. The number of aromatic nitrogens is 4. The Balaban J connectivity index is 0.000000225. The summed E-state index contributed by atoms with van der Waals surface area (Å²) in [5.41, 5.74) is 4.45. The number of carboxylic acid groups (broad SMARTS) is 6. The van der Waals surface area contributed by atoms with Crippen molar-refractivity contribution < 1.29 is 68.9 Å². The number of carboxylic acids is 6. The highest BCUT2D eigenvalue weighted by Gasteiger charge is 2.22. The Morgan fingerprint density at radius 2 is 0.689 bits per heavy atom. The van der Waals surface area contributed by atoms with Gasteiger partial charge in [0.2, 0.25) is 11.9 Å². The Hall–Kier alpha value is -9.02. The van der Waals surface area contributed by atoms with Crippen LogP contribution in [0.5, 0.6) is 11.5 Å². The third-order valence-electron chi connectivity index (χ3n) is 10.6. The van der Waals surface area contributed by atoms with Gasteiger partial charge in [-0.3, -0.25) is 0 Å². The van der Waals surface area contributed by atoms with Crippen molar-refractivity contribution in [1.82, 2.24) is 28.9 Å². The second-order valence-electron chi connectivity index (χ2n) is 15.9. The van der Waals surface area contributed by atoms with Gasteiger partial charge in [0.05, 0.1) is 71.0 Å². The second kappa shape index (κ2) is 30.7. The smallest absolute Gasteiger partial charge is 0.206 e. The average Bonchev–Trinajstić information content (AvgIpc) is 3.95. The van der Waals surface area contributed by atoms with Crippen molar-refractivity contribution in [3.63, 3.8) is 0 Å². The van der Waals surface area contributed by atoms with Gasteiger partial charge in [0.15, 0.2) is 0 Å². The quantitative estimate of drug-likeness (QED) is 0.0865. The van der Waals surface area contributed by atoms with Crippen LogP contribution in [-0.2, 0) is 41.9 Å². The molecule has 2 aromatic heterocycles. The predicted molar refractivity (Wildman–Crippen MR) is 260 cm³/mol. The number of aliphatic carboxylic acids is 6. The van der Waals surface area contributed by atoms with Crippen molar-refractivity contribution in [3.8, 4) is 11.5 Å². The largest absolute Gasteiger partial charge is 0.545 e. The highest BCUT2D eigenvalue weighted by molar-refractivity contribution is 5.89. The fourth-order valence-corrected chi connectivity index (χ4v) is 7.01. The molecule has 4 heterocycles. The third kappa shape index (κ3) is 20.8. The monoisotopic (exact) mass is 1010 g/mol. The molecule has 6 aromatic rings. The third-order valence-corrected chi connectivity index (χ3v) is 10.6. The summed E-state index contributed by atoms with van der Waals surface area (Å²) in [6.07, 6.45) is 2.31. The lowest BCUT2D eigenvalue weighted by atomic mass is 10.3. The van der Waals surface area contributed by atoms with Gasteiger partial charge in [-0.05, 0) is 99.1 Å². The summed E-state index contributed by atoms with van der Waals surface area (Å²) < 4.78 is 16.4. The van der Waals surface area contributed by atoms with Gasteiger partial charge >= 0.3 is 0 Å². The maximum atomic E-state index is 9.41. The van der Waals surface area contributed by atoms with Crippen LogP contribution in [0.3, 0.4) is 0 Å². The van der Waals surface area contributed by atoms with Crippen LogP contribution < -0.4 is 49.9 Å². The molecule has 0 amide bonds. The van der Waals surface area contributed by atoms with E-state index in [0.29, 0.717) is 49.7 Å². The van der Waals surface area contributed by atoms with E-state index in [1.165, 1.54) is 11.0 Å². The van der Waals surface area contributed by atoms with Crippen LogP contribution >= 0.6 is 0 Å². The molecule has 0 bridgehead atoms. The molecule has 22 heteroatoms. The summed E-state index contributed by atoms with van der Waals surface area (Å²) in [5.74, 6) is -5.34. The molecule has 0 saturated carbocycles. The molecule has 0 aliphatic carbocycles. The molecule has 8 rings (SSSR count). The minimum Gasteiger partial charge on any atom is -0.545 e. The summed E-state index contributed by atoms with van der Waals surface area (Å²) in [6, 6.07) is 36.7. The fourth-order valence-electron chi connectivity index (χ4n) is 7.01. The van der Waals surface area contributed by atoms with E-state index >= 15 is 0 Å². The molecule has 0 radical (unpaired) electrons. The van der Waals surface area contributed by atoms with E-state index in [2.05, 4.69) is 79.2 Å². The molecule has 0 atom stereocenters. The molecule has 2 aliphatic heterocycles. The number of rotatable bonds is 16. The zero-order chi connectivity index (χ0) is 53.8. The molecule has 0 spiro atoms. The van der Waals surface area contributed by atoms with Crippen molar-refractivity contribution in [1.29, 1.82) is 0 Å². The molecular formula is C52H54N8O14-6. The van der Waals surface area contributed by atoms with Crippen LogP contribution in [0.1, 0.15) is 0 Å². The molecule has 392 valence electrons. The van der Waals surface area contributed by atoms with Gasteiger partial charge in [0.1, 0.15) is 24.7 Å². The van der Waals surface area contributed by atoms with Crippen molar-refractivity contribution in [2.24, 2.45) is 0 Å². The fraction of sp³-hybridized carbons (Fsp3) is 0.269. The molecule has 22 nitrogen and oxygen atoms in total. The maximum Gasteiger partial charge on any atom is 0.206 e. The lowest BCUT2D eigenvalue weighted by molar-refractivity contribution is -0.301. The van der Waals surface area contributed by atoms with Gasteiger partial charge in [-0.15, -0.1) is 0 Å². The highest BCUT2D eigenvalue weighted by Crippen LogP contribution is 2.25. The predicted octanol–water partition coefficient (Wildman–Crippen LogP) is -3.14. The molecule has 0 unspecified atom stereocenters. The summed E-state index contributed by atoms with van der Waals surface area (Å²) in [7, 11) is 4.35. The first-order valence-electron chi connectivity index (χ1n) is 22.9. The van der Waals surface area contributed by atoms with Gasteiger partial charge < -0.3 is 97.6 Å². The number of ether oxygens (including phenoxy) is 2. The number of likely N-dealkylation sites (N-methyl/N-ethyl adjacent to an activating group) is 2. The number of para-hydroxylation sites is 6. The number of hydrogen-bond acceptors (Lipinski definition) is 20. The Morgan fingerprint density at radius 1 is 0.419 bits per heavy atom. The lowest BCUT2D eigenvalue weighted by Gasteiger charge is -2.33. The Morgan fingerprint density at radius 3 is 0.973 bits per heavy atom. The van der Waals surface area contributed by atoms with E-state index in [1.54, 1.807) is 0 Å². The van der Waals surface area contributed by atoms with Gasteiger partial charge in [0.25, 0.3) is 0 Å². The van der Waals surface area contributed by atoms with E-state index in [9.17, 15) is 59.4 Å². The van der Waals surface area contributed by atoms with E-state index in [1.807, 2.05) is 72.8 Å². The number of nitrogens with zero attached hydrogens (tertiary/aromatic N) is 8. The SMILES string of the molecule is CN1CCN(c2nc3ccccc3n2CCOc2ccccc2)CC1.CN1CCN(c2nc3ccccc3n2CCOc2ccccc2)CC1.O=C([O-])/C=C/C(=O)[O-].O=C([O-])/C=C/C(=O)[O-].O=C([O-])/C=C/C(=O)[O-]. The first-order chi connectivity index (χ1) is 35.5. The lowest BCUT2D eigenvalue weighted by Crippen LogP contribution is -2.45. The minimum absolute atomic E-state index is 0.384. The molecule has 2 fully saturated rings. The van der Waals surface area contributed by atoms with Gasteiger partial charge in [-0.1, -0.05) is 60.7 Å². The van der Waals surface area contributed by atoms with Crippen molar-refractivity contribution in [3.05, 3.63) is 146 Å². The molecule has 0 N–H and O–H groups in total. The van der Waals surface area contributed by atoms with Gasteiger partial charge in [-0.25, -0.2) is 9.97 Å². The maximum absolute atomic E-state index is 9.41. The molecule has 2 aliphatic rings. The van der Waals surface area contributed by atoms with E-state index in [4.69, 9.17) is 19.4 Å². The number of carbonyl (C=O) groups is 6. The zero-order valence-electron chi connectivity index (χ0n) is 40.6. The minimum atomic E-state index is -1.55. The number of imidazole rings is 2. The van der Waals surface area contributed by atoms with Crippen LogP contribution in [-0.4, -0.2) is 144 Å². The number of benzene rings is 4. The molecule has 4 aromatic carbocycles. The summed E-state index contributed by atoms with van der Waals surface area (Å²) >= 11 is 0. The molecule has 2 saturated heterocycles. The zero-order valence-corrected chi connectivity index (χ0v) is 40.6. The van der Waals surface area contributed by atoms with Crippen LogP contribution in [0.15, 0.2) is 146 Å². The average molecular weight is 1020 g/mol. The van der Waals surface area contributed by atoms with Gasteiger partial charge in [0, 0.05) is 52.4 Å². The second-order valence-corrected chi connectivity index (χ2v) is 15.9. The van der Waals surface area contributed by atoms with E-state index < -0.39 is 35.8 Å². The number of carbonyl (C=O) groups excluding carboxylic acids is 6. The van der Waals surface area contributed by atoms with E-state index in [0.717, 1.165) is 99.9 Å². The molecule has 74 heavy (non-hydrogen) atoms. The Kier molecular flexibility index (Phi) is 23.8. The number of piperazine rings is 2. The van der Waals surface area contributed by atoms with Crippen LogP contribution in [0.4, 0.5) is 11.9 Å². The normalized spacial score (nSPS) is 13.6. The summed E-state index contributed by atoms with van der Waals surface area (Å²) in [6.45, 7) is 11.2. The first kappa shape index (κ1) is 57.6. The van der Waals surface area contributed by atoms with Gasteiger partial charge in [-0.2, -0.15) is 0 Å². The Bertz CT molecular complexity index is 2560. The van der Waals surface area contributed by atoms with Crippen LogP contribution in [0.25, 0.3) is 22.1 Å².